The van der Waals surface area contributed by atoms with E-state index in [-0.39, 0.29) is 18.0 Å². The number of rotatable bonds is 10. The highest BCUT2D eigenvalue weighted by molar-refractivity contribution is 9.10. The van der Waals surface area contributed by atoms with E-state index in [9.17, 15) is 26.4 Å². The molecule has 3 aromatic carbocycles. The van der Waals surface area contributed by atoms with Crippen LogP contribution in [0.5, 0.6) is 0 Å². The lowest BCUT2D eigenvalue weighted by atomic mass is 10.1. The van der Waals surface area contributed by atoms with E-state index in [0.29, 0.717) is 12.0 Å². The van der Waals surface area contributed by atoms with Crippen LogP contribution in [0.3, 0.4) is 0 Å². The van der Waals surface area contributed by atoms with Gasteiger partial charge in [0.25, 0.3) is 0 Å². The molecule has 0 saturated carbocycles. The average Bonchev–Trinajstić information content (AvgIpc) is 3.32. The molecule has 4 aromatic rings. The number of carbonyl (C=O) groups is 1. The lowest BCUT2D eigenvalue weighted by Gasteiger charge is -2.29. The van der Waals surface area contributed by atoms with Gasteiger partial charge in [-0.15, -0.1) is 0 Å². The summed E-state index contributed by atoms with van der Waals surface area (Å²) in [7, 11) is -3.99. The number of H-pyrrole nitrogens is 1. The van der Waals surface area contributed by atoms with Crippen LogP contribution in [0.2, 0.25) is 0 Å². The second-order valence-electron chi connectivity index (χ2n) is 9.72. The van der Waals surface area contributed by atoms with Crippen molar-refractivity contribution in [3.63, 3.8) is 0 Å². The van der Waals surface area contributed by atoms with Gasteiger partial charge >= 0.3 is 6.18 Å². The van der Waals surface area contributed by atoms with Gasteiger partial charge in [-0.2, -0.15) is 17.5 Å². The first-order valence-electron chi connectivity index (χ1n) is 12.6. The maximum absolute atomic E-state index is 13.7. The number of aromatic amines is 1. The number of benzene rings is 3. The standard InChI is InChI=1S/C29H29BrF3N3O3S/c1-20(2)36(40(38,39)25-13-11-24(30)12-14-25)19-28(37)35(18-21-7-9-23(10-8-21)29(31,32)33)16-15-22-17-34-27-6-4-3-5-26(22)27/h3-14,17,20,34H,15-16,18-19H2,1-2H3. The first-order valence-corrected chi connectivity index (χ1v) is 14.9. The van der Waals surface area contributed by atoms with Crippen LogP contribution in [0.4, 0.5) is 13.2 Å². The number of aromatic nitrogens is 1. The van der Waals surface area contributed by atoms with E-state index < -0.39 is 40.3 Å². The third kappa shape index (κ3) is 6.94. The monoisotopic (exact) mass is 635 g/mol. The first kappa shape index (κ1) is 29.8. The highest BCUT2D eigenvalue weighted by Crippen LogP contribution is 2.29. The van der Waals surface area contributed by atoms with Crippen LogP contribution >= 0.6 is 15.9 Å². The van der Waals surface area contributed by atoms with Gasteiger partial charge in [-0.05, 0) is 73.9 Å². The van der Waals surface area contributed by atoms with E-state index in [2.05, 4.69) is 20.9 Å². The van der Waals surface area contributed by atoms with E-state index in [0.717, 1.165) is 37.4 Å². The molecule has 0 atom stereocenters. The summed E-state index contributed by atoms with van der Waals surface area (Å²) < 4.78 is 68.0. The molecule has 0 bridgehead atoms. The van der Waals surface area contributed by atoms with E-state index in [1.807, 2.05) is 30.5 Å². The topological polar surface area (TPSA) is 73.5 Å². The molecule has 11 heteroatoms. The van der Waals surface area contributed by atoms with Crippen LogP contribution in [0.15, 0.2) is 88.4 Å². The molecule has 0 unspecified atom stereocenters. The second kappa shape index (κ2) is 12.2. The Labute approximate surface area is 240 Å². The molecule has 1 amide bonds. The van der Waals surface area contributed by atoms with Crippen molar-refractivity contribution in [2.24, 2.45) is 0 Å². The van der Waals surface area contributed by atoms with Crippen LogP contribution in [0.25, 0.3) is 10.9 Å². The number of hydrogen-bond donors (Lipinski definition) is 1. The Morgan fingerprint density at radius 3 is 2.25 bits per heavy atom. The zero-order valence-electron chi connectivity index (χ0n) is 22.0. The Morgan fingerprint density at radius 1 is 0.975 bits per heavy atom. The number of sulfonamides is 1. The largest absolute Gasteiger partial charge is 0.416 e. The van der Waals surface area contributed by atoms with Gasteiger partial charge < -0.3 is 9.88 Å². The fraction of sp³-hybridized carbons (Fsp3) is 0.276. The highest BCUT2D eigenvalue weighted by atomic mass is 79.9. The summed E-state index contributed by atoms with van der Waals surface area (Å²) >= 11 is 3.30. The molecule has 0 spiro atoms. The van der Waals surface area contributed by atoms with Crippen molar-refractivity contribution < 1.29 is 26.4 Å². The van der Waals surface area contributed by atoms with E-state index in [1.165, 1.54) is 29.2 Å². The zero-order valence-corrected chi connectivity index (χ0v) is 24.4. The number of nitrogens with zero attached hydrogens (tertiary/aromatic N) is 2. The molecule has 1 heterocycles. The Morgan fingerprint density at radius 2 is 1.62 bits per heavy atom. The number of halogens is 4. The van der Waals surface area contributed by atoms with Crippen LogP contribution in [0, 0.1) is 0 Å². The number of para-hydroxylation sites is 1. The van der Waals surface area contributed by atoms with Crippen molar-refractivity contribution in [1.29, 1.82) is 0 Å². The quantitative estimate of drug-likeness (QED) is 0.213. The number of nitrogens with one attached hydrogen (secondary N) is 1. The van der Waals surface area contributed by atoms with Crippen molar-refractivity contribution in [2.75, 3.05) is 13.1 Å². The molecule has 1 N–H and O–H groups in total. The average molecular weight is 637 g/mol. The molecule has 0 radical (unpaired) electrons. The van der Waals surface area contributed by atoms with Gasteiger partial charge in [0.2, 0.25) is 15.9 Å². The number of hydrogen-bond acceptors (Lipinski definition) is 3. The first-order chi connectivity index (χ1) is 18.9. The van der Waals surface area contributed by atoms with Crippen molar-refractivity contribution in [1.82, 2.24) is 14.2 Å². The Hall–Kier alpha value is -3.15. The molecular weight excluding hydrogens is 607 g/mol. The van der Waals surface area contributed by atoms with Crippen LogP contribution < -0.4 is 0 Å². The number of carbonyl (C=O) groups excluding carboxylic acids is 1. The van der Waals surface area contributed by atoms with Gasteiger partial charge in [-0.25, -0.2) is 8.42 Å². The maximum atomic E-state index is 13.7. The van der Waals surface area contributed by atoms with Gasteiger partial charge in [0, 0.05) is 40.7 Å². The molecule has 0 aliphatic carbocycles. The minimum atomic E-state index is -4.47. The summed E-state index contributed by atoms with van der Waals surface area (Å²) in [6.45, 7) is 3.24. The number of fused-ring (bicyclic) bond motifs is 1. The van der Waals surface area contributed by atoms with Crippen LogP contribution in [-0.4, -0.2) is 47.6 Å². The maximum Gasteiger partial charge on any atom is 0.416 e. The van der Waals surface area contributed by atoms with Crippen LogP contribution in [-0.2, 0) is 34.0 Å². The minimum absolute atomic E-state index is 0.0313. The number of alkyl halides is 3. The lowest BCUT2D eigenvalue weighted by Crippen LogP contribution is -2.46. The van der Waals surface area contributed by atoms with E-state index >= 15 is 0 Å². The molecule has 212 valence electrons. The van der Waals surface area contributed by atoms with Gasteiger partial charge in [-0.1, -0.05) is 46.3 Å². The zero-order chi connectivity index (χ0) is 29.1. The van der Waals surface area contributed by atoms with Gasteiger partial charge in [0.05, 0.1) is 17.0 Å². The van der Waals surface area contributed by atoms with Gasteiger partial charge in [-0.3, -0.25) is 4.79 Å². The third-order valence-electron chi connectivity index (χ3n) is 6.62. The van der Waals surface area contributed by atoms with Crippen molar-refractivity contribution in [3.05, 3.63) is 100 Å². The smallest absolute Gasteiger partial charge is 0.361 e. The fourth-order valence-electron chi connectivity index (χ4n) is 4.43. The summed E-state index contributed by atoms with van der Waals surface area (Å²) in [5.74, 6) is -0.450. The van der Waals surface area contributed by atoms with E-state index in [1.54, 1.807) is 26.0 Å². The van der Waals surface area contributed by atoms with E-state index in [4.69, 9.17) is 0 Å². The molecule has 4 rings (SSSR count). The number of amides is 1. The van der Waals surface area contributed by atoms with Crippen molar-refractivity contribution in [3.8, 4) is 0 Å². The second-order valence-corrected chi connectivity index (χ2v) is 12.5. The molecule has 6 nitrogen and oxygen atoms in total. The predicted molar refractivity (Wildman–Crippen MR) is 152 cm³/mol. The van der Waals surface area contributed by atoms with Gasteiger partial charge in [0.1, 0.15) is 0 Å². The lowest BCUT2D eigenvalue weighted by molar-refractivity contribution is -0.137. The molecule has 0 fully saturated rings. The molecule has 40 heavy (non-hydrogen) atoms. The molecule has 0 aliphatic rings. The summed E-state index contributed by atoms with van der Waals surface area (Å²) in [6.07, 6.45) is -2.14. The Balaban J connectivity index is 1.60. The third-order valence-corrected chi connectivity index (χ3v) is 9.19. The molecule has 0 aliphatic heterocycles. The van der Waals surface area contributed by atoms with Crippen LogP contribution in [0.1, 0.15) is 30.5 Å². The fourth-order valence-corrected chi connectivity index (χ4v) is 6.28. The predicted octanol–water partition coefficient (Wildman–Crippen LogP) is 6.62. The molecule has 0 saturated heterocycles. The summed E-state index contributed by atoms with van der Waals surface area (Å²) in [5.41, 5.74) is 1.65. The Bertz CT molecular complexity index is 1570. The van der Waals surface area contributed by atoms with Crippen molar-refractivity contribution in [2.45, 2.75) is 43.9 Å². The molecular formula is C29H29BrF3N3O3S. The van der Waals surface area contributed by atoms with Crippen molar-refractivity contribution >= 4 is 42.8 Å². The highest BCUT2D eigenvalue weighted by Gasteiger charge is 2.32. The summed E-state index contributed by atoms with van der Waals surface area (Å²) in [4.78, 5) is 18.4. The minimum Gasteiger partial charge on any atom is -0.361 e. The SMILES string of the molecule is CC(C)N(CC(=O)N(CCc1c[nH]c2ccccc12)Cc1ccc(C(F)(F)F)cc1)S(=O)(=O)c1ccc(Br)cc1. The Kier molecular flexibility index (Phi) is 9.06. The van der Waals surface area contributed by atoms with Gasteiger partial charge in [0.15, 0.2) is 0 Å². The summed E-state index contributed by atoms with van der Waals surface area (Å²) in [5, 5.41) is 1.01. The normalized spacial score (nSPS) is 12.4. The molecule has 1 aromatic heterocycles. The summed E-state index contributed by atoms with van der Waals surface area (Å²) in [6, 6.07) is 18.0.